The van der Waals surface area contributed by atoms with E-state index >= 15 is 0 Å². The molecule has 2 rings (SSSR count). The Bertz CT molecular complexity index is 323. The van der Waals surface area contributed by atoms with E-state index in [0.29, 0.717) is 11.8 Å². The quantitative estimate of drug-likeness (QED) is 0.872. The van der Waals surface area contributed by atoms with Crippen molar-refractivity contribution in [3.05, 3.63) is 21.3 Å². The van der Waals surface area contributed by atoms with Gasteiger partial charge in [-0.25, -0.2) is 0 Å². The molecule has 0 aromatic carbocycles. The first kappa shape index (κ1) is 12.4. The molecule has 0 amide bonds. The average molecular weight is 260 g/mol. The van der Waals surface area contributed by atoms with Crippen molar-refractivity contribution < 1.29 is 5.11 Å². The molecule has 2 N–H and O–H groups in total. The molecule has 0 aliphatic carbocycles. The molecule has 0 spiro atoms. The Hall–Kier alpha value is -0.0900. The van der Waals surface area contributed by atoms with Crippen LogP contribution in [0.3, 0.4) is 0 Å². The standard InChI is InChI=1S/C12H18ClNOS/c13-12-2-1-11(16-12)10(5-8-15)9-3-6-14-7-4-9/h1-2,9-10,14-15H,3-8H2. The van der Waals surface area contributed by atoms with Crippen molar-refractivity contribution in [1.82, 2.24) is 5.32 Å². The molecular weight excluding hydrogens is 242 g/mol. The van der Waals surface area contributed by atoms with Gasteiger partial charge in [-0.15, -0.1) is 11.3 Å². The van der Waals surface area contributed by atoms with Gasteiger partial charge in [0.2, 0.25) is 0 Å². The van der Waals surface area contributed by atoms with Crippen LogP contribution in [-0.4, -0.2) is 24.8 Å². The summed E-state index contributed by atoms with van der Waals surface area (Å²) in [6, 6.07) is 4.09. The Balaban J connectivity index is 2.09. The minimum atomic E-state index is 0.268. The maximum Gasteiger partial charge on any atom is 0.0931 e. The molecule has 4 heteroatoms. The summed E-state index contributed by atoms with van der Waals surface area (Å²) in [5.41, 5.74) is 0. The predicted octanol–water partition coefficient (Wildman–Crippen LogP) is 2.87. The smallest absolute Gasteiger partial charge is 0.0931 e. The molecule has 1 aromatic rings. The molecule has 0 saturated carbocycles. The number of aliphatic hydroxyl groups is 1. The van der Waals surface area contributed by atoms with Crippen molar-refractivity contribution in [2.75, 3.05) is 19.7 Å². The van der Waals surface area contributed by atoms with Crippen LogP contribution in [0.5, 0.6) is 0 Å². The fourth-order valence-corrected chi connectivity index (χ4v) is 3.81. The molecule has 1 aliphatic rings. The summed E-state index contributed by atoms with van der Waals surface area (Å²) in [6.07, 6.45) is 3.28. The molecule has 90 valence electrons. The highest BCUT2D eigenvalue weighted by molar-refractivity contribution is 7.16. The van der Waals surface area contributed by atoms with E-state index in [1.54, 1.807) is 11.3 Å². The number of rotatable bonds is 4. The summed E-state index contributed by atoms with van der Waals surface area (Å²) in [7, 11) is 0. The van der Waals surface area contributed by atoms with Crippen LogP contribution < -0.4 is 5.32 Å². The van der Waals surface area contributed by atoms with Gasteiger partial charge >= 0.3 is 0 Å². The zero-order valence-corrected chi connectivity index (χ0v) is 10.9. The van der Waals surface area contributed by atoms with Gasteiger partial charge in [-0.1, -0.05) is 11.6 Å². The fourth-order valence-electron chi connectivity index (χ4n) is 2.52. The van der Waals surface area contributed by atoms with E-state index in [1.165, 1.54) is 17.7 Å². The maximum atomic E-state index is 9.19. The van der Waals surface area contributed by atoms with E-state index in [9.17, 15) is 5.11 Å². The maximum absolute atomic E-state index is 9.19. The molecule has 1 saturated heterocycles. The molecule has 1 fully saturated rings. The lowest BCUT2D eigenvalue weighted by atomic mass is 9.82. The van der Waals surface area contributed by atoms with Crippen LogP contribution in [0.15, 0.2) is 12.1 Å². The second-order valence-corrected chi connectivity index (χ2v) is 6.09. The average Bonchev–Trinajstić information content (AvgIpc) is 2.74. The summed E-state index contributed by atoms with van der Waals surface area (Å²) < 4.78 is 0.854. The second-order valence-electron chi connectivity index (χ2n) is 4.35. The van der Waals surface area contributed by atoms with E-state index in [-0.39, 0.29) is 6.61 Å². The van der Waals surface area contributed by atoms with Crippen LogP contribution in [-0.2, 0) is 0 Å². The number of piperidine rings is 1. The minimum absolute atomic E-state index is 0.268. The van der Waals surface area contributed by atoms with Gasteiger partial charge < -0.3 is 10.4 Å². The van der Waals surface area contributed by atoms with Crippen LogP contribution in [0.2, 0.25) is 4.34 Å². The summed E-state index contributed by atoms with van der Waals surface area (Å²) in [5, 5.41) is 12.6. The Kier molecular flexibility index (Phi) is 4.65. The van der Waals surface area contributed by atoms with E-state index in [2.05, 4.69) is 11.4 Å². The Labute approximate surface area is 106 Å². The van der Waals surface area contributed by atoms with Gasteiger partial charge in [-0.2, -0.15) is 0 Å². The molecule has 16 heavy (non-hydrogen) atoms. The SMILES string of the molecule is OCCC(c1ccc(Cl)s1)C1CCNCC1. The van der Waals surface area contributed by atoms with Gasteiger partial charge in [-0.3, -0.25) is 0 Å². The first-order valence-electron chi connectivity index (χ1n) is 5.88. The number of hydrogen-bond donors (Lipinski definition) is 2. The number of nitrogens with one attached hydrogen (secondary N) is 1. The third-order valence-corrected chi connectivity index (χ3v) is 4.72. The normalized spacial score (nSPS) is 19.9. The van der Waals surface area contributed by atoms with Crippen molar-refractivity contribution in [3.8, 4) is 0 Å². The lowest BCUT2D eigenvalue weighted by Crippen LogP contribution is -2.31. The number of aliphatic hydroxyl groups excluding tert-OH is 1. The van der Waals surface area contributed by atoms with Crippen molar-refractivity contribution in [3.63, 3.8) is 0 Å². The highest BCUT2D eigenvalue weighted by atomic mass is 35.5. The van der Waals surface area contributed by atoms with E-state index in [1.807, 2.05) is 6.07 Å². The Morgan fingerprint density at radius 3 is 2.75 bits per heavy atom. The first-order chi connectivity index (χ1) is 7.81. The first-order valence-corrected chi connectivity index (χ1v) is 7.07. The molecule has 0 bridgehead atoms. The van der Waals surface area contributed by atoms with E-state index in [4.69, 9.17) is 11.6 Å². The van der Waals surface area contributed by atoms with Gasteiger partial charge in [0.25, 0.3) is 0 Å². The Morgan fingerprint density at radius 1 is 1.44 bits per heavy atom. The van der Waals surface area contributed by atoms with Crippen LogP contribution in [0.25, 0.3) is 0 Å². The molecule has 2 nitrogen and oxygen atoms in total. The Morgan fingerprint density at radius 2 is 2.19 bits per heavy atom. The van der Waals surface area contributed by atoms with Gasteiger partial charge in [0.05, 0.1) is 4.34 Å². The van der Waals surface area contributed by atoms with Gasteiger partial charge in [0, 0.05) is 11.5 Å². The monoisotopic (exact) mass is 259 g/mol. The highest BCUT2D eigenvalue weighted by Crippen LogP contribution is 2.38. The van der Waals surface area contributed by atoms with Crippen molar-refractivity contribution >= 4 is 22.9 Å². The van der Waals surface area contributed by atoms with Crippen LogP contribution in [0, 0.1) is 5.92 Å². The van der Waals surface area contributed by atoms with E-state index in [0.717, 1.165) is 23.8 Å². The fraction of sp³-hybridized carbons (Fsp3) is 0.667. The van der Waals surface area contributed by atoms with Crippen molar-refractivity contribution in [2.45, 2.75) is 25.2 Å². The molecule has 1 aromatic heterocycles. The van der Waals surface area contributed by atoms with Crippen molar-refractivity contribution in [2.24, 2.45) is 5.92 Å². The lowest BCUT2D eigenvalue weighted by molar-refractivity contribution is 0.235. The predicted molar refractivity (Wildman–Crippen MR) is 69.4 cm³/mol. The molecule has 1 atom stereocenters. The van der Waals surface area contributed by atoms with Gasteiger partial charge in [0.1, 0.15) is 0 Å². The second kappa shape index (κ2) is 6.01. The number of halogens is 1. The summed E-state index contributed by atoms with van der Waals surface area (Å²) >= 11 is 7.65. The lowest BCUT2D eigenvalue weighted by Gasteiger charge is -2.29. The topological polar surface area (TPSA) is 32.3 Å². The van der Waals surface area contributed by atoms with Gasteiger partial charge in [0.15, 0.2) is 0 Å². The third kappa shape index (κ3) is 2.98. The number of hydrogen-bond acceptors (Lipinski definition) is 3. The van der Waals surface area contributed by atoms with Crippen molar-refractivity contribution in [1.29, 1.82) is 0 Å². The number of thiophene rings is 1. The van der Waals surface area contributed by atoms with Crippen LogP contribution in [0.4, 0.5) is 0 Å². The van der Waals surface area contributed by atoms with Crippen LogP contribution >= 0.6 is 22.9 Å². The van der Waals surface area contributed by atoms with Crippen LogP contribution in [0.1, 0.15) is 30.1 Å². The zero-order valence-electron chi connectivity index (χ0n) is 9.29. The third-order valence-electron chi connectivity index (χ3n) is 3.35. The largest absolute Gasteiger partial charge is 0.396 e. The molecular formula is C12H18ClNOS. The van der Waals surface area contributed by atoms with Gasteiger partial charge in [-0.05, 0) is 56.3 Å². The minimum Gasteiger partial charge on any atom is -0.396 e. The summed E-state index contributed by atoms with van der Waals surface area (Å²) in [4.78, 5) is 1.34. The summed E-state index contributed by atoms with van der Waals surface area (Å²) in [5.74, 6) is 1.19. The molecule has 2 heterocycles. The summed E-state index contributed by atoms with van der Waals surface area (Å²) in [6.45, 7) is 2.47. The zero-order chi connectivity index (χ0) is 11.4. The highest BCUT2D eigenvalue weighted by Gasteiger charge is 2.25. The van der Waals surface area contributed by atoms with E-state index < -0.39 is 0 Å². The molecule has 1 unspecified atom stereocenters. The molecule has 0 radical (unpaired) electrons. The molecule has 1 aliphatic heterocycles.